The predicted molar refractivity (Wildman–Crippen MR) is 113 cm³/mol. The van der Waals surface area contributed by atoms with Gasteiger partial charge in [0.2, 0.25) is 0 Å². The topological polar surface area (TPSA) is 67.2 Å². The van der Waals surface area contributed by atoms with Crippen LogP contribution in [0.3, 0.4) is 0 Å². The minimum Gasteiger partial charge on any atom is -0.354 e. The molecule has 3 aromatic heterocycles. The highest BCUT2D eigenvalue weighted by atomic mass is 32.1. The summed E-state index contributed by atoms with van der Waals surface area (Å²) < 4.78 is 2.03. The van der Waals surface area contributed by atoms with E-state index >= 15 is 0 Å². The van der Waals surface area contributed by atoms with Gasteiger partial charge in [-0.15, -0.1) is 11.3 Å². The Morgan fingerprint density at radius 2 is 2.10 bits per heavy atom. The second-order valence-electron chi connectivity index (χ2n) is 8.12. The number of aromatic nitrogens is 4. The predicted octanol–water partition coefficient (Wildman–Crippen LogP) is 2.35. The average molecular weight is 409 g/mol. The zero-order valence-corrected chi connectivity index (χ0v) is 17.3. The third kappa shape index (κ3) is 3.70. The van der Waals surface area contributed by atoms with Crippen molar-refractivity contribution in [3.8, 4) is 0 Å². The van der Waals surface area contributed by atoms with Gasteiger partial charge in [0.15, 0.2) is 0 Å². The fraction of sp³-hybridized carbons (Fsp3) is 0.429. The van der Waals surface area contributed by atoms with Crippen LogP contribution in [0, 0.1) is 5.92 Å². The molecule has 2 aliphatic rings. The Balaban J connectivity index is 1.36. The highest BCUT2D eigenvalue weighted by Gasteiger charge is 2.35. The normalized spacial score (nSPS) is 20.7. The Morgan fingerprint density at radius 1 is 1.17 bits per heavy atom. The molecule has 1 fully saturated rings. The summed E-state index contributed by atoms with van der Waals surface area (Å²) in [5, 5.41) is 2.06. The number of piperidine rings is 1. The SMILES string of the molecule is CN(Cc1cscn1)Cc1ccc2n(c1=O)C[C@H]1C[C@@H]2CN(c2cnccn2)C1. The lowest BCUT2D eigenvalue weighted by atomic mass is 9.83. The van der Waals surface area contributed by atoms with E-state index in [-0.39, 0.29) is 5.56 Å². The third-order valence-electron chi connectivity index (χ3n) is 5.91. The summed E-state index contributed by atoms with van der Waals surface area (Å²) in [4.78, 5) is 30.7. The third-order valence-corrected chi connectivity index (χ3v) is 6.55. The molecule has 2 aliphatic heterocycles. The molecule has 0 spiro atoms. The van der Waals surface area contributed by atoms with Crippen LogP contribution < -0.4 is 10.5 Å². The first-order chi connectivity index (χ1) is 14.2. The van der Waals surface area contributed by atoms with Crippen LogP contribution in [0.4, 0.5) is 5.82 Å². The molecule has 2 atom stereocenters. The molecule has 7 nitrogen and oxygen atoms in total. The Morgan fingerprint density at radius 3 is 2.90 bits per heavy atom. The first-order valence-corrected chi connectivity index (χ1v) is 10.9. The Labute approximate surface area is 173 Å². The molecule has 0 unspecified atom stereocenters. The standard InChI is InChI=1S/C21H24N6OS/c1-25(12-18-13-29-14-24-18)10-16-2-3-19-17-6-15(9-27(19)21(16)28)8-26(11-17)20-7-22-4-5-23-20/h2-5,7,13-15,17H,6,8-12H2,1H3/t15-,17+/m0/s1. The minimum absolute atomic E-state index is 0.162. The van der Waals surface area contributed by atoms with Crippen molar-refractivity contribution in [2.75, 3.05) is 25.0 Å². The maximum absolute atomic E-state index is 13.2. The van der Waals surface area contributed by atoms with Gasteiger partial charge in [-0.05, 0) is 25.5 Å². The molecule has 3 aromatic rings. The van der Waals surface area contributed by atoms with Crippen molar-refractivity contribution in [1.29, 1.82) is 0 Å². The summed E-state index contributed by atoms with van der Waals surface area (Å²) in [5.74, 6) is 1.75. The molecular formula is C21H24N6OS. The molecular weight excluding hydrogens is 384 g/mol. The minimum atomic E-state index is 0.162. The van der Waals surface area contributed by atoms with Gasteiger partial charge in [0.05, 0.1) is 17.4 Å². The lowest BCUT2D eigenvalue weighted by molar-refractivity contribution is 0.275. The average Bonchev–Trinajstić information content (AvgIpc) is 3.24. The van der Waals surface area contributed by atoms with Crippen LogP contribution in [0.1, 0.15) is 29.3 Å². The molecule has 2 bridgehead atoms. The fourth-order valence-electron chi connectivity index (χ4n) is 4.69. The largest absolute Gasteiger partial charge is 0.354 e. The maximum Gasteiger partial charge on any atom is 0.255 e. The smallest absolute Gasteiger partial charge is 0.255 e. The van der Waals surface area contributed by atoms with Gasteiger partial charge < -0.3 is 9.47 Å². The number of rotatable bonds is 5. The van der Waals surface area contributed by atoms with Gasteiger partial charge in [0.1, 0.15) is 5.82 Å². The number of fused-ring (bicyclic) bond motifs is 4. The van der Waals surface area contributed by atoms with Gasteiger partial charge in [0, 0.05) is 67.7 Å². The molecule has 5 heterocycles. The summed E-state index contributed by atoms with van der Waals surface area (Å²) in [6, 6.07) is 4.18. The molecule has 1 saturated heterocycles. The summed E-state index contributed by atoms with van der Waals surface area (Å²) in [5.41, 5.74) is 5.08. The highest BCUT2D eigenvalue weighted by molar-refractivity contribution is 7.07. The van der Waals surface area contributed by atoms with Crippen LogP contribution in [-0.2, 0) is 19.6 Å². The quantitative estimate of drug-likeness (QED) is 0.646. The van der Waals surface area contributed by atoms with E-state index in [1.54, 1.807) is 23.7 Å². The number of thiazole rings is 1. The number of pyridine rings is 1. The Bertz CT molecular complexity index is 1040. The van der Waals surface area contributed by atoms with Crippen LogP contribution >= 0.6 is 11.3 Å². The molecule has 8 heteroatoms. The molecule has 0 saturated carbocycles. The van der Waals surface area contributed by atoms with Gasteiger partial charge >= 0.3 is 0 Å². The molecule has 0 aromatic carbocycles. The van der Waals surface area contributed by atoms with Gasteiger partial charge in [-0.25, -0.2) is 9.97 Å². The van der Waals surface area contributed by atoms with Crippen molar-refractivity contribution in [1.82, 2.24) is 24.4 Å². The second kappa shape index (κ2) is 7.68. The van der Waals surface area contributed by atoms with Gasteiger partial charge in [-0.2, -0.15) is 0 Å². The summed E-state index contributed by atoms with van der Waals surface area (Å²) in [7, 11) is 2.04. The summed E-state index contributed by atoms with van der Waals surface area (Å²) >= 11 is 1.60. The number of hydrogen-bond donors (Lipinski definition) is 0. The van der Waals surface area contributed by atoms with Crippen molar-refractivity contribution in [2.24, 2.45) is 5.92 Å². The molecule has 150 valence electrons. The van der Waals surface area contributed by atoms with E-state index in [0.717, 1.165) is 55.4 Å². The lowest BCUT2D eigenvalue weighted by Gasteiger charge is -2.43. The van der Waals surface area contributed by atoms with E-state index < -0.39 is 0 Å². The Kier molecular flexibility index (Phi) is 4.89. The van der Waals surface area contributed by atoms with Crippen molar-refractivity contribution >= 4 is 17.2 Å². The van der Waals surface area contributed by atoms with E-state index in [2.05, 4.69) is 36.2 Å². The molecule has 0 radical (unpaired) electrons. The molecule has 0 aliphatic carbocycles. The van der Waals surface area contributed by atoms with Crippen LogP contribution in [-0.4, -0.2) is 44.6 Å². The number of nitrogens with zero attached hydrogens (tertiary/aromatic N) is 6. The molecule has 0 amide bonds. The zero-order valence-electron chi connectivity index (χ0n) is 16.4. The van der Waals surface area contributed by atoms with E-state index in [0.29, 0.717) is 18.4 Å². The Hall–Kier alpha value is -2.58. The van der Waals surface area contributed by atoms with E-state index in [1.165, 1.54) is 0 Å². The fourth-order valence-corrected chi connectivity index (χ4v) is 5.24. The van der Waals surface area contributed by atoms with E-state index in [4.69, 9.17) is 0 Å². The van der Waals surface area contributed by atoms with Gasteiger partial charge in [-0.3, -0.25) is 14.7 Å². The van der Waals surface area contributed by atoms with Crippen molar-refractivity contribution in [3.63, 3.8) is 0 Å². The molecule has 29 heavy (non-hydrogen) atoms. The van der Waals surface area contributed by atoms with Gasteiger partial charge in [0.25, 0.3) is 5.56 Å². The maximum atomic E-state index is 13.2. The zero-order chi connectivity index (χ0) is 19.8. The highest BCUT2D eigenvalue weighted by Crippen LogP contribution is 2.36. The van der Waals surface area contributed by atoms with Crippen LogP contribution in [0.5, 0.6) is 0 Å². The van der Waals surface area contributed by atoms with Crippen LogP contribution in [0.25, 0.3) is 0 Å². The lowest BCUT2D eigenvalue weighted by Crippen LogP contribution is -2.48. The van der Waals surface area contributed by atoms with Crippen LogP contribution in [0.15, 0.2) is 46.4 Å². The number of anilines is 1. The monoisotopic (exact) mass is 408 g/mol. The van der Waals surface area contributed by atoms with E-state index in [1.807, 2.05) is 29.4 Å². The van der Waals surface area contributed by atoms with Crippen LogP contribution in [0.2, 0.25) is 0 Å². The van der Waals surface area contributed by atoms with E-state index in [9.17, 15) is 4.79 Å². The van der Waals surface area contributed by atoms with Gasteiger partial charge in [-0.1, -0.05) is 6.07 Å². The summed E-state index contributed by atoms with van der Waals surface area (Å²) in [6.45, 7) is 3.98. The number of hydrogen-bond acceptors (Lipinski definition) is 7. The van der Waals surface area contributed by atoms with Crippen molar-refractivity contribution in [3.05, 3.63) is 68.9 Å². The first kappa shape index (κ1) is 18.4. The summed E-state index contributed by atoms with van der Waals surface area (Å²) in [6.07, 6.45) is 6.41. The van der Waals surface area contributed by atoms with Crippen molar-refractivity contribution < 1.29 is 0 Å². The molecule has 5 rings (SSSR count). The van der Waals surface area contributed by atoms with Crippen molar-refractivity contribution in [2.45, 2.75) is 32.0 Å². The second-order valence-corrected chi connectivity index (χ2v) is 8.84. The molecule has 0 N–H and O–H groups in total. The first-order valence-electron chi connectivity index (χ1n) is 9.96.